The van der Waals surface area contributed by atoms with Crippen LogP contribution in [-0.4, -0.2) is 5.78 Å². The number of unbranched alkanes of at least 4 members (excludes halogenated alkanes) is 6. The molecule has 1 aromatic rings. The third kappa shape index (κ3) is 4.98. The summed E-state index contributed by atoms with van der Waals surface area (Å²) in [5.41, 5.74) is 2.27. The van der Waals surface area contributed by atoms with E-state index in [2.05, 4.69) is 19.1 Å². The lowest BCUT2D eigenvalue weighted by Crippen LogP contribution is -2.14. The quantitative estimate of drug-likeness (QED) is 0.425. The van der Waals surface area contributed by atoms with E-state index in [9.17, 15) is 4.79 Å². The van der Waals surface area contributed by atoms with Crippen LogP contribution >= 0.6 is 0 Å². The van der Waals surface area contributed by atoms with Gasteiger partial charge in [-0.1, -0.05) is 76.1 Å². The number of benzene rings is 1. The zero-order valence-corrected chi connectivity index (χ0v) is 13.6. The predicted octanol–water partition coefficient (Wildman–Crippen LogP) is 5.96. The number of aryl methyl sites for hydroxylation is 1. The Labute approximate surface area is 130 Å². The second kappa shape index (κ2) is 9.02. The van der Waals surface area contributed by atoms with Gasteiger partial charge in [0.15, 0.2) is 5.78 Å². The zero-order valence-electron chi connectivity index (χ0n) is 13.6. The molecule has 0 fully saturated rings. The standard InChI is InChI=1S/C20H30O/c1-2-3-4-5-6-7-8-13-18-15-11-14-17-12-9-10-16-19(17)20(18)21/h9-10,12,16,18H,2-8,11,13-15H2,1H3. The van der Waals surface area contributed by atoms with Gasteiger partial charge < -0.3 is 0 Å². The third-order valence-corrected chi connectivity index (χ3v) is 4.81. The first-order valence-corrected chi connectivity index (χ1v) is 8.95. The highest BCUT2D eigenvalue weighted by Crippen LogP contribution is 2.28. The van der Waals surface area contributed by atoms with E-state index in [1.807, 2.05) is 12.1 Å². The summed E-state index contributed by atoms with van der Waals surface area (Å²) in [7, 11) is 0. The molecule has 0 bridgehead atoms. The van der Waals surface area contributed by atoms with Gasteiger partial charge in [0.2, 0.25) is 0 Å². The van der Waals surface area contributed by atoms with E-state index < -0.39 is 0 Å². The summed E-state index contributed by atoms with van der Waals surface area (Å²) in [6.45, 7) is 2.26. The van der Waals surface area contributed by atoms with Gasteiger partial charge in [0, 0.05) is 11.5 Å². The fraction of sp³-hybridized carbons (Fsp3) is 0.650. The Kier molecular flexibility index (Phi) is 6.99. The fourth-order valence-electron chi connectivity index (χ4n) is 3.49. The molecule has 116 valence electrons. The molecule has 21 heavy (non-hydrogen) atoms. The maximum atomic E-state index is 12.6. The van der Waals surface area contributed by atoms with Crippen molar-refractivity contribution >= 4 is 5.78 Å². The summed E-state index contributed by atoms with van der Waals surface area (Å²) >= 11 is 0. The number of carbonyl (C=O) groups is 1. The van der Waals surface area contributed by atoms with Crippen LogP contribution in [0, 0.1) is 5.92 Å². The maximum Gasteiger partial charge on any atom is 0.166 e. The van der Waals surface area contributed by atoms with E-state index >= 15 is 0 Å². The van der Waals surface area contributed by atoms with E-state index in [0.717, 1.165) is 24.8 Å². The van der Waals surface area contributed by atoms with Crippen molar-refractivity contribution in [3.05, 3.63) is 35.4 Å². The predicted molar refractivity (Wildman–Crippen MR) is 89.8 cm³/mol. The lowest BCUT2D eigenvalue weighted by atomic mass is 9.90. The Bertz CT molecular complexity index is 435. The Morgan fingerprint density at radius 1 is 1.00 bits per heavy atom. The minimum atomic E-state index is 0.282. The second-order valence-electron chi connectivity index (χ2n) is 6.52. The normalized spacial score (nSPS) is 18.3. The molecule has 0 N–H and O–H groups in total. The van der Waals surface area contributed by atoms with E-state index in [4.69, 9.17) is 0 Å². The first-order valence-electron chi connectivity index (χ1n) is 8.95. The summed E-state index contributed by atoms with van der Waals surface area (Å²) in [6, 6.07) is 8.22. The molecule has 0 heterocycles. The first-order chi connectivity index (χ1) is 10.3. The Morgan fingerprint density at radius 2 is 1.71 bits per heavy atom. The zero-order chi connectivity index (χ0) is 14.9. The Morgan fingerprint density at radius 3 is 2.52 bits per heavy atom. The van der Waals surface area contributed by atoms with Gasteiger partial charge in [0.1, 0.15) is 0 Å². The van der Waals surface area contributed by atoms with Gasteiger partial charge in [-0.15, -0.1) is 0 Å². The summed E-state index contributed by atoms with van der Waals surface area (Å²) in [5, 5.41) is 0. The smallest absolute Gasteiger partial charge is 0.166 e. The molecule has 1 atom stereocenters. The Hall–Kier alpha value is -1.11. The molecule has 1 nitrogen and oxygen atoms in total. The third-order valence-electron chi connectivity index (χ3n) is 4.81. The average Bonchev–Trinajstić information content (AvgIpc) is 2.67. The molecule has 0 aliphatic heterocycles. The van der Waals surface area contributed by atoms with Crippen molar-refractivity contribution in [1.29, 1.82) is 0 Å². The molecule has 1 aliphatic rings. The number of hydrogen-bond acceptors (Lipinski definition) is 1. The van der Waals surface area contributed by atoms with Crippen LogP contribution in [0.15, 0.2) is 24.3 Å². The number of carbonyl (C=O) groups excluding carboxylic acids is 1. The lowest BCUT2D eigenvalue weighted by Gasteiger charge is -2.13. The van der Waals surface area contributed by atoms with Crippen molar-refractivity contribution < 1.29 is 4.79 Å². The van der Waals surface area contributed by atoms with E-state index in [1.165, 1.54) is 56.9 Å². The number of fused-ring (bicyclic) bond motifs is 1. The van der Waals surface area contributed by atoms with Gasteiger partial charge in [0.25, 0.3) is 0 Å². The van der Waals surface area contributed by atoms with Crippen LogP contribution in [0.3, 0.4) is 0 Å². The Balaban J connectivity index is 1.75. The second-order valence-corrected chi connectivity index (χ2v) is 6.52. The van der Waals surface area contributed by atoms with Gasteiger partial charge >= 0.3 is 0 Å². The van der Waals surface area contributed by atoms with Crippen LogP contribution in [0.2, 0.25) is 0 Å². The van der Waals surface area contributed by atoms with Gasteiger partial charge in [-0.2, -0.15) is 0 Å². The van der Waals surface area contributed by atoms with Crippen molar-refractivity contribution in [2.75, 3.05) is 0 Å². The molecule has 1 aromatic carbocycles. The van der Waals surface area contributed by atoms with Crippen LogP contribution in [0.25, 0.3) is 0 Å². The molecule has 0 saturated carbocycles. The summed E-state index contributed by atoms with van der Waals surface area (Å²) in [6.07, 6.45) is 13.7. The molecule has 1 aliphatic carbocycles. The minimum absolute atomic E-state index is 0.282. The summed E-state index contributed by atoms with van der Waals surface area (Å²) in [4.78, 5) is 12.6. The highest BCUT2D eigenvalue weighted by Gasteiger charge is 2.24. The van der Waals surface area contributed by atoms with Crippen LogP contribution in [-0.2, 0) is 6.42 Å². The molecule has 0 amide bonds. The number of ketones is 1. The van der Waals surface area contributed by atoms with Gasteiger partial charge in [-0.3, -0.25) is 4.79 Å². The molecule has 0 aromatic heterocycles. The fourth-order valence-corrected chi connectivity index (χ4v) is 3.49. The van der Waals surface area contributed by atoms with Crippen LogP contribution in [0.4, 0.5) is 0 Å². The van der Waals surface area contributed by atoms with Crippen molar-refractivity contribution in [2.24, 2.45) is 5.92 Å². The summed E-state index contributed by atoms with van der Waals surface area (Å²) in [5.74, 6) is 0.693. The highest BCUT2D eigenvalue weighted by molar-refractivity contribution is 5.99. The topological polar surface area (TPSA) is 17.1 Å². The molecule has 1 unspecified atom stereocenters. The van der Waals surface area contributed by atoms with Gasteiger partial charge in [-0.05, 0) is 31.2 Å². The van der Waals surface area contributed by atoms with E-state index in [1.54, 1.807) is 0 Å². The average molecular weight is 286 g/mol. The van der Waals surface area contributed by atoms with Crippen molar-refractivity contribution in [1.82, 2.24) is 0 Å². The number of Topliss-reactive ketones (excluding diaryl/α,β-unsaturated/α-hetero) is 1. The number of rotatable bonds is 8. The van der Waals surface area contributed by atoms with Crippen LogP contribution in [0.5, 0.6) is 0 Å². The van der Waals surface area contributed by atoms with Gasteiger partial charge in [-0.25, -0.2) is 0 Å². The largest absolute Gasteiger partial charge is 0.294 e. The first kappa shape index (κ1) is 16.3. The maximum absolute atomic E-state index is 12.6. The van der Waals surface area contributed by atoms with Crippen LogP contribution < -0.4 is 0 Å². The van der Waals surface area contributed by atoms with Gasteiger partial charge in [0.05, 0.1) is 0 Å². The minimum Gasteiger partial charge on any atom is -0.294 e. The SMILES string of the molecule is CCCCCCCCCC1CCCc2ccccc2C1=O. The van der Waals surface area contributed by atoms with Crippen molar-refractivity contribution in [3.63, 3.8) is 0 Å². The molecule has 0 saturated heterocycles. The monoisotopic (exact) mass is 286 g/mol. The van der Waals surface area contributed by atoms with Crippen molar-refractivity contribution in [2.45, 2.75) is 77.6 Å². The number of hydrogen-bond donors (Lipinski definition) is 0. The molecular weight excluding hydrogens is 256 g/mol. The lowest BCUT2D eigenvalue weighted by molar-refractivity contribution is 0.0907. The molecule has 0 spiro atoms. The molecule has 0 radical (unpaired) electrons. The molecule has 1 heteroatoms. The van der Waals surface area contributed by atoms with E-state index in [0.29, 0.717) is 5.78 Å². The summed E-state index contributed by atoms with van der Waals surface area (Å²) < 4.78 is 0. The van der Waals surface area contributed by atoms with E-state index in [-0.39, 0.29) is 5.92 Å². The van der Waals surface area contributed by atoms with Crippen molar-refractivity contribution in [3.8, 4) is 0 Å². The highest BCUT2D eigenvalue weighted by atomic mass is 16.1. The molecular formula is C20H30O. The van der Waals surface area contributed by atoms with Crippen LogP contribution in [0.1, 0.15) is 87.1 Å². The molecule has 2 rings (SSSR count).